The van der Waals surface area contributed by atoms with E-state index in [1.54, 1.807) is 35.4 Å². The van der Waals surface area contributed by atoms with Gasteiger partial charge in [0.2, 0.25) is 5.78 Å². The summed E-state index contributed by atoms with van der Waals surface area (Å²) >= 11 is 5.82. The first-order chi connectivity index (χ1) is 9.08. The Kier molecular flexibility index (Phi) is 3.97. The van der Waals surface area contributed by atoms with E-state index in [0.29, 0.717) is 16.3 Å². The zero-order chi connectivity index (χ0) is 13.8. The number of Topliss-reactive ketones (excluding diaryl/α,β-unsaturated/α-hetero) is 1. The molecule has 0 saturated heterocycles. The van der Waals surface area contributed by atoms with Crippen molar-refractivity contribution in [3.63, 3.8) is 0 Å². The smallest absolute Gasteiger partial charge is 0.212 e. The topological polar surface area (TPSA) is 51.0 Å². The van der Waals surface area contributed by atoms with Crippen LogP contribution in [0, 0.1) is 0 Å². The van der Waals surface area contributed by atoms with Crippen molar-refractivity contribution >= 4 is 23.1 Å². The van der Waals surface area contributed by atoms with E-state index in [1.807, 2.05) is 14.1 Å². The number of carbonyl (C=O) groups excluding carboxylic acids is 1. The Bertz CT molecular complexity index is 588. The number of halogens is 1. The van der Waals surface area contributed by atoms with Gasteiger partial charge in [-0.15, -0.1) is 0 Å². The zero-order valence-electron chi connectivity index (χ0n) is 10.6. The van der Waals surface area contributed by atoms with Crippen LogP contribution in [0.5, 0.6) is 0 Å². The number of aromatic nitrogens is 3. The van der Waals surface area contributed by atoms with Crippen LogP contribution in [0.15, 0.2) is 43.1 Å². The number of hydrogen-bond acceptors (Lipinski definition) is 4. The lowest BCUT2D eigenvalue weighted by Crippen LogP contribution is -2.14. The van der Waals surface area contributed by atoms with Gasteiger partial charge in [-0.25, -0.2) is 9.67 Å². The van der Waals surface area contributed by atoms with Crippen LogP contribution in [0.25, 0.3) is 5.70 Å². The normalized spacial score (nSPS) is 11.4. The third kappa shape index (κ3) is 3.20. The molecule has 98 valence electrons. The second-order valence-corrected chi connectivity index (χ2v) is 4.59. The molecule has 19 heavy (non-hydrogen) atoms. The average molecular weight is 277 g/mol. The molecule has 0 aliphatic rings. The maximum Gasteiger partial charge on any atom is 0.212 e. The van der Waals surface area contributed by atoms with Gasteiger partial charge < -0.3 is 4.90 Å². The summed E-state index contributed by atoms with van der Waals surface area (Å²) in [6.07, 6.45) is 4.58. The van der Waals surface area contributed by atoms with Crippen molar-refractivity contribution in [1.29, 1.82) is 0 Å². The third-order valence-electron chi connectivity index (χ3n) is 2.39. The molecule has 0 unspecified atom stereocenters. The molecule has 0 saturated carbocycles. The monoisotopic (exact) mass is 276 g/mol. The Morgan fingerprint density at radius 2 is 2.00 bits per heavy atom. The summed E-state index contributed by atoms with van der Waals surface area (Å²) in [5.41, 5.74) is 0.970. The maximum atomic E-state index is 12.5. The fourth-order valence-electron chi connectivity index (χ4n) is 1.55. The minimum Gasteiger partial charge on any atom is -0.382 e. The fraction of sp³-hybridized carbons (Fsp3) is 0.154. The van der Waals surface area contributed by atoms with E-state index in [-0.39, 0.29) is 5.78 Å². The molecule has 0 N–H and O–H groups in total. The molecule has 1 heterocycles. The molecule has 1 aromatic heterocycles. The number of ketones is 1. The van der Waals surface area contributed by atoms with Gasteiger partial charge in [-0.3, -0.25) is 4.79 Å². The van der Waals surface area contributed by atoms with Crippen LogP contribution in [0.4, 0.5) is 0 Å². The SMILES string of the molecule is CN(C)/C=C(/C(=O)c1ccc(Cl)cc1)n1cncn1. The molecule has 0 aliphatic heterocycles. The summed E-state index contributed by atoms with van der Waals surface area (Å²) in [7, 11) is 3.68. The van der Waals surface area contributed by atoms with Crippen LogP contribution in [-0.2, 0) is 0 Å². The highest BCUT2D eigenvalue weighted by molar-refractivity contribution is 6.31. The molecule has 0 atom stereocenters. The van der Waals surface area contributed by atoms with Crippen molar-refractivity contribution in [1.82, 2.24) is 19.7 Å². The first kappa shape index (κ1) is 13.3. The lowest BCUT2D eigenvalue weighted by Gasteiger charge is -2.11. The lowest BCUT2D eigenvalue weighted by molar-refractivity contribution is 0.104. The van der Waals surface area contributed by atoms with Crippen molar-refractivity contribution in [3.05, 3.63) is 53.7 Å². The molecule has 0 spiro atoms. The predicted molar refractivity (Wildman–Crippen MR) is 73.8 cm³/mol. The van der Waals surface area contributed by atoms with Crippen LogP contribution in [0.1, 0.15) is 10.4 Å². The summed E-state index contributed by atoms with van der Waals surface area (Å²) in [5.74, 6) is -0.143. The third-order valence-corrected chi connectivity index (χ3v) is 2.64. The quantitative estimate of drug-likeness (QED) is 0.634. The van der Waals surface area contributed by atoms with E-state index < -0.39 is 0 Å². The Morgan fingerprint density at radius 3 is 2.53 bits per heavy atom. The van der Waals surface area contributed by atoms with Crippen molar-refractivity contribution < 1.29 is 4.79 Å². The van der Waals surface area contributed by atoms with E-state index in [0.717, 1.165) is 0 Å². The minimum atomic E-state index is -0.143. The van der Waals surface area contributed by atoms with Crippen molar-refractivity contribution in [2.24, 2.45) is 0 Å². The van der Waals surface area contributed by atoms with Gasteiger partial charge in [-0.1, -0.05) is 11.6 Å². The minimum absolute atomic E-state index is 0.143. The number of hydrogen-bond donors (Lipinski definition) is 0. The largest absolute Gasteiger partial charge is 0.382 e. The highest BCUT2D eigenvalue weighted by Crippen LogP contribution is 2.15. The Hall–Kier alpha value is -2.14. The van der Waals surface area contributed by atoms with Crippen LogP contribution < -0.4 is 0 Å². The molecule has 0 aliphatic carbocycles. The number of carbonyl (C=O) groups is 1. The summed E-state index contributed by atoms with van der Waals surface area (Å²) in [6, 6.07) is 6.74. The van der Waals surface area contributed by atoms with E-state index in [1.165, 1.54) is 17.3 Å². The summed E-state index contributed by atoms with van der Waals surface area (Å²) in [4.78, 5) is 18.1. The highest BCUT2D eigenvalue weighted by atomic mass is 35.5. The number of allylic oxidation sites excluding steroid dienone is 1. The molecule has 2 aromatic rings. The summed E-state index contributed by atoms with van der Waals surface area (Å²) < 4.78 is 1.44. The predicted octanol–water partition coefficient (Wildman–Crippen LogP) is 2.17. The Labute approximate surface area is 116 Å². The van der Waals surface area contributed by atoms with Crippen LogP contribution in [0.2, 0.25) is 5.02 Å². The van der Waals surface area contributed by atoms with Gasteiger partial charge in [0, 0.05) is 30.9 Å². The van der Waals surface area contributed by atoms with Gasteiger partial charge in [0.25, 0.3) is 0 Å². The summed E-state index contributed by atoms with van der Waals surface area (Å²) in [5, 5.41) is 4.59. The zero-order valence-corrected chi connectivity index (χ0v) is 11.4. The van der Waals surface area contributed by atoms with Gasteiger partial charge in [0.05, 0.1) is 0 Å². The fourth-order valence-corrected chi connectivity index (χ4v) is 1.67. The maximum absolute atomic E-state index is 12.5. The van der Waals surface area contributed by atoms with E-state index in [2.05, 4.69) is 10.1 Å². The van der Waals surface area contributed by atoms with Crippen molar-refractivity contribution in [2.45, 2.75) is 0 Å². The van der Waals surface area contributed by atoms with E-state index >= 15 is 0 Å². The molecule has 6 heteroatoms. The van der Waals surface area contributed by atoms with Crippen molar-refractivity contribution in [3.8, 4) is 0 Å². The van der Waals surface area contributed by atoms with Crippen molar-refractivity contribution in [2.75, 3.05) is 14.1 Å². The summed E-state index contributed by atoms with van der Waals surface area (Å²) in [6.45, 7) is 0. The van der Waals surface area contributed by atoms with Gasteiger partial charge in [-0.2, -0.15) is 5.10 Å². The van der Waals surface area contributed by atoms with Crippen LogP contribution in [-0.4, -0.2) is 39.5 Å². The Balaban J connectivity index is 2.39. The molecule has 5 nitrogen and oxygen atoms in total. The average Bonchev–Trinajstić information content (AvgIpc) is 2.89. The number of rotatable bonds is 4. The first-order valence-electron chi connectivity index (χ1n) is 5.61. The molecule has 0 bridgehead atoms. The molecular formula is C13H13ClN4O. The second kappa shape index (κ2) is 5.67. The Morgan fingerprint density at radius 1 is 1.32 bits per heavy atom. The number of benzene rings is 1. The standard InChI is InChI=1S/C13H13ClN4O/c1-17(2)7-12(18-9-15-8-16-18)13(19)10-3-5-11(14)6-4-10/h3-9H,1-2H3/b12-7-. The van der Waals surface area contributed by atoms with Gasteiger partial charge in [0.1, 0.15) is 18.4 Å². The van der Waals surface area contributed by atoms with Gasteiger partial charge in [-0.05, 0) is 24.3 Å². The van der Waals surface area contributed by atoms with E-state index in [4.69, 9.17) is 11.6 Å². The first-order valence-corrected chi connectivity index (χ1v) is 5.99. The lowest BCUT2D eigenvalue weighted by atomic mass is 10.1. The van der Waals surface area contributed by atoms with Crippen LogP contribution >= 0.6 is 11.6 Å². The molecule has 0 radical (unpaired) electrons. The molecule has 0 amide bonds. The number of nitrogens with zero attached hydrogens (tertiary/aromatic N) is 4. The second-order valence-electron chi connectivity index (χ2n) is 4.15. The molecule has 2 rings (SSSR count). The van der Waals surface area contributed by atoms with E-state index in [9.17, 15) is 4.79 Å². The molecule has 1 aromatic carbocycles. The molecular weight excluding hydrogens is 264 g/mol. The van der Waals surface area contributed by atoms with Gasteiger partial charge in [0.15, 0.2) is 0 Å². The van der Waals surface area contributed by atoms with Crippen LogP contribution in [0.3, 0.4) is 0 Å². The highest BCUT2D eigenvalue weighted by Gasteiger charge is 2.15. The van der Waals surface area contributed by atoms with Gasteiger partial charge >= 0.3 is 0 Å². The molecule has 0 fully saturated rings.